The maximum Gasteiger partial charge on any atom is 0.254 e. The first-order valence-corrected chi connectivity index (χ1v) is 8.51. The molecular formula is C20H17N5O. The number of nitrogens with one attached hydrogen (secondary N) is 2. The van der Waals surface area contributed by atoms with Crippen LogP contribution in [0.3, 0.4) is 0 Å². The van der Waals surface area contributed by atoms with Crippen molar-refractivity contribution in [2.75, 3.05) is 5.32 Å². The van der Waals surface area contributed by atoms with Crippen LogP contribution in [0.1, 0.15) is 12.5 Å². The lowest BCUT2D eigenvalue weighted by Gasteiger charge is -2.23. The molecule has 6 nitrogen and oxygen atoms in total. The van der Waals surface area contributed by atoms with E-state index in [1.165, 1.54) is 5.39 Å². The number of hydrogen-bond acceptors (Lipinski definition) is 4. The van der Waals surface area contributed by atoms with Crippen LogP contribution in [0, 0.1) is 0 Å². The van der Waals surface area contributed by atoms with Gasteiger partial charge in [0, 0.05) is 11.3 Å². The predicted octanol–water partition coefficient (Wildman–Crippen LogP) is 3.13. The molecule has 1 aliphatic rings. The molecule has 2 N–H and O–H groups in total. The van der Waals surface area contributed by atoms with Gasteiger partial charge in [-0.25, -0.2) is 0 Å². The molecule has 0 fully saturated rings. The minimum Gasteiger partial charge on any atom is -0.343 e. The summed E-state index contributed by atoms with van der Waals surface area (Å²) in [6.07, 6.45) is 1.67. The summed E-state index contributed by atoms with van der Waals surface area (Å²) in [4.78, 5) is 15.8. The van der Waals surface area contributed by atoms with Gasteiger partial charge in [0.05, 0.1) is 12.1 Å². The van der Waals surface area contributed by atoms with Gasteiger partial charge in [0.1, 0.15) is 6.33 Å². The van der Waals surface area contributed by atoms with Crippen LogP contribution in [0.25, 0.3) is 22.0 Å². The zero-order chi connectivity index (χ0) is 17.7. The van der Waals surface area contributed by atoms with Gasteiger partial charge < -0.3 is 10.3 Å². The van der Waals surface area contributed by atoms with Crippen LogP contribution in [0.2, 0.25) is 0 Å². The van der Waals surface area contributed by atoms with Gasteiger partial charge in [-0.15, -0.1) is 10.2 Å². The van der Waals surface area contributed by atoms with Crippen LogP contribution in [-0.4, -0.2) is 19.7 Å². The van der Waals surface area contributed by atoms with E-state index in [0.717, 1.165) is 16.6 Å². The van der Waals surface area contributed by atoms with Crippen molar-refractivity contribution in [2.45, 2.75) is 19.0 Å². The Bertz CT molecular complexity index is 1170. The highest BCUT2D eigenvalue weighted by Gasteiger charge is 2.37. The van der Waals surface area contributed by atoms with Gasteiger partial charge in [0.15, 0.2) is 0 Å². The number of pyridine rings is 1. The zero-order valence-corrected chi connectivity index (χ0v) is 14.2. The summed E-state index contributed by atoms with van der Waals surface area (Å²) >= 11 is 0. The van der Waals surface area contributed by atoms with Gasteiger partial charge in [-0.2, -0.15) is 0 Å². The quantitative estimate of drug-likeness (QED) is 0.586. The first-order chi connectivity index (χ1) is 12.6. The van der Waals surface area contributed by atoms with Gasteiger partial charge in [0.2, 0.25) is 5.95 Å². The van der Waals surface area contributed by atoms with Gasteiger partial charge in [-0.3, -0.25) is 9.36 Å². The fourth-order valence-electron chi connectivity index (χ4n) is 3.68. The van der Waals surface area contributed by atoms with Gasteiger partial charge >= 0.3 is 0 Å². The van der Waals surface area contributed by atoms with Gasteiger partial charge in [-0.1, -0.05) is 36.4 Å². The Hall–Kier alpha value is -3.41. The molecule has 2 aromatic heterocycles. The van der Waals surface area contributed by atoms with Crippen LogP contribution in [0.15, 0.2) is 65.7 Å². The van der Waals surface area contributed by atoms with E-state index in [2.05, 4.69) is 44.8 Å². The maximum absolute atomic E-state index is 12.8. The molecule has 0 spiro atoms. The van der Waals surface area contributed by atoms with E-state index in [0.29, 0.717) is 18.1 Å². The predicted molar refractivity (Wildman–Crippen MR) is 101 cm³/mol. The van der Waals surface area contributed by atoms with E-state index in [4.69, 9.17) is 0 Å². The molecule has 128 valence electrons. The fourth-order valence-corrected chi connectivity index (χ4v) is 3.68. The number of aromatic amines is 1. The highest BCUT2D eigenvalue weighted by Crippen LogP contribution is 2.32. The summed E-state index contributed by atoms with van der Waals surface area (Å²) in [5.74, 6) is 0.686. The second kappa shape index (κ2) is 5.29. The second-order valence-electron chi connectivity index (χ2n) is 6.92. The van der Waals surface area contributed by atoms with E-state index in [9.17, 15) is 4.79 Å². The number of fused-ring (bicyclic) bond motifs is 2. The van der Waals surface area contributed by atoms with Gasteiger partial charge in [0.25, 0.3) is 5.56 Å². The molecular weight excluding hydrogens is 326 g/mol. The Balaban J connectivity index is 1.54. The lowest BCUT2D eigenvalue weighted by molar-refractivity contribution is 0.494. The smallest absolute Gasteiger partial charge is 0.254 e. The molecule has 1 aliphatic heterocycles. The fraction of sp³-hybridized carbons (Fsp3) is 0.150. The Labute approximate surface area is 149 Å². The summed E-state index contributed by atoms with van der Waals surface area (Å²) in [5.41, 5.74) is 1.90. The molecule has 0 saturated carbocycles. The topological polar surface area (TPSA) is 75.6 Å². The Morgan fingerprint density at radius 2 is 1.92 bits per heavy atom. The molecule has 1 unspecified atom stereocenters. The monoisotopic (exact) mass is 343 g/mol. The molecule has 0 bridgehead atoms. The van der Waals surface area contributed by atoms with Crippen molar-refractivity contribution in [1.29, 1.82) is 0 Å². The first kappa shape index (κ1) is 14.9. The molecule has 3 heterocycles. The third kappa shape index (κ3) is 2.23. The summed E-state index contributed by atoms with van der Waals surface area (Å²) < 4.78 is 1.91. The Kier molecular flexibility index (Phi) is 3.03. The van der Waals surface area contributed by atoms with Crippen molar-refractivity contribution in [3.63, 3.8) is 0 Å². The number of H-pyrrole nitrogens is 1. The Morgan fingerprint density at radius 3 is 2.73 bits per heavy atom. The molecule has 0 aliphatic carbocycles. The van der Waals surface area contributed by atoms with Crippen molar-refractivity contribution >= 4 is 16.7 Å². The molecule has 4 aromatic rings. The van der Waals surface area contributed by atoms with Crippen LogP contribution in [-0.2, 0) is 12.1 Å². The van der Waals surface area contributed by atoms with E-state index >= 15 is 0 Å². The minimum absolute atomic E-state index is 0.0932. The standard InChI is InChI=1S/C20H17N5O/c1-20(11-25-12-21-24-19(25)23-20)16-8-9-17(22-18(16)26)15-7-6-13-4-2-3-5-14(13)10-15/h2-10,12H,11H2,1H3,(H,22,26)(H,23,24). The third-order valence-corrected chi connectivity index (χ3v) is 5.05. The average molecular weight is 343 g/mol. The molecule has 1 atom stereocenters. The molecule has 0 amide bonds. The van der Waals surface area contributed by atoms with E-state index in [1.54, 1.807) is 6.33 Å². The van der Waals surface area contributed by atoms with Crippen LogP contribution >= 0.6 is 0 Å². The minimum atomic E-state index is -0.499. The normalized spacial score (nSPS) is 18.7. The lowest BCUT2D eigenvalue weighted by Crippen LogP contribution is -2.36. The first-order valence-electron chi connectivity index (χ1n) is 8.51. The largest absolute Gasteiger partial charge is 0.343 e. The molecule has 6 heteroatoms. The maximum atomic E-state index is 12.8. The van der Waals surface area contributed by atoms with Crippen molar-refractivity contribution in [3.05, 3.63) is 76.8 Å². The van der Waals surface area contributed by atoms with Gasteiger partial charge in [-0.05, 0) is 41.5 Å². The highest BCUT2D eigenvalue weighted by atomic mass is 16.1. The average Bonchev–Trinajstić information content (AvgIpc) is 3.20. The van der Waals surface area contributed by atoms with Crippen LogP contribution < -0.4 is 10.9 Å². The van der Waals surface area contributed by atoms with Crippen molar-refractivity contribution < 1.29 is 0 Å². The summed E-state index contributed by atoms with van der Waals surface area (Å²) in [6.45, 7) is 2.62. The third-order valence-electron chi connectivity index (χ3n) is 5.05. The summed E-state index contributed by atoms with van der Waals surface area (Å²) in [6, 6.07) is 18.3. The number of aromatic nitrogens is 4. The lowest BCUT2D eigenvalue weighted by atomic mass is 9.93. The van der Waals surface area contributed by atoms with E-state index < -0.39 is 5.54 Å². The van der Waals surface area contributed by atoms with Crippen molar-refractivity contribution in [1.82, 2.24) is 19.7 Å². The Morgan fingerprint density at radius 1 is 1.08 bits per heavy atom. The number of hydrogen-bond donors (Lipinski definition) is 2. The van der Waals surface area contributed by atoms with Crippen molar-refractivity contribution in [2.24, 2.45) is 0 Å². The number of anilines is 1. The number of nitrogens with zero attached hydrogens (tertiary/aromatic N) is 3. The van der Waals surface area contributed by atoms with Crippen LogP contribution in [0.4, 0.5) is 5.95 Å². The summed E-state index contributed by atoms with van der Waals surface area (Å²) in [7, 11) is 0. The molecule has 2 aromatic carbocycles. The van der Waals surface area contributed by atoms with E-state index in [1.807, 2.05) is 41.8 Å². The number of benzene rings is 2. The second-order valence-corrected chi connectivity index (χ2v) is 6.92. The molecule has 5 rings (SSSR count). The zero-order valence-electron chi connectivity index (χ0n) is 14.2. The number of rotatable bonds is 2. The van der Waals surface area contributed by atoms with Crippen LogP contribution in [0.5, 0.6) is 0 Å². The molecule has 0 saturated heterocycles. The molecule has 0 radical (unpaired) electrons. The highest BCUT2D eigenvalue weighted by molar-refractivity contribution is 5.86. The molecule has 26 heavy (non-hydrogen) atoms. The van der Waals surface area contributed by atoms with E-state index in [-0.39, 0.29) is 5.56 Å². The summed E-state index contributed by atoms with van der Waals surface area (Å²) in [5, 5.41) is 13.5. The van der Waals surface area contributed by atoms with Crippen molar-refractivity contribution in [3.8, 4) is 11.3 Å². The SMILES string of the molecule is CC1(c2ccc(-c3ccc4ccccc4c3)[nH]c2=O)Cn2cnnc2N1.